The molecule has 3 rings (SSSR count). The van der Waals surface area contributed by atoms with Gasteiger partial charge in [0.25, 0.3) is 5.56 Å². The van der Waals surface area contributed by atoms with Gasteiger partial charge in [-0.2, -0.15) is 0 Å². The van der Waals surface area contributed by atoms with E-state index in [0.29, 0.717) is 35.2 Å². The van der Waals surface area contributed by atoms with Crippen LogP contribution in [0.25, 0.3) is 16.5 Å². The van der Waals surface area contributed by atoms with Crippen LogP contribution in [0.2, 0.25) is 0 Å². The van der Waals surface area contributed by atoms with Crippen LogP contribution in [0.3, 0.4) is 0 Å². The van der Waals surface area contributed by atoms with Crippen LogP contribution in [0.15, 0.2) is 58.3 Å². The average molecular weight is 422 g/mol. The highest BCUT2D eigenvalue weighted by molar-refractivity contribution is 6.01. The summed E-state index contributed by atoms with van der Waals surface area (Å²) in [7, 11) is 0. The molecule has 6 heteroatoms. The Morgan fingerprint density at radius 2 is 1.71 bits per heavy atom. The number of aromatic hydroxyl groups is 1. The molecule has 0 atom stereocenters. The van der Waals surface area contributed by atoms with Crippen molar-refractivity contribution in [3.05, 3.63) is 64.4 Å². The van der Waals surface area contributed by atoms with Gasteiger partial charge in [0.15, 0.2) is 0 Å². The number of ether oxygens (including phenoxy) is 1. The Morgan fingerprint density at radius 1 is 1.03 bits per heavy atom. The van der Waals surface area contributed by atoms with Crippen LogP contribution in [-0.4, -0.2) is 53.6 Å². The van der Waals surface area contributed by atoms with E-state index < -0.39 is 0 Å². The van der Waals surface area contributed by atoms with E-state index >= 15 is 0 Å². The molecule has 0 spiro atoms. The minimum atomic E-state index is -0.268. The van der Waals surface area contributed by atoms with Crippen molar-refractivity contribution in [3.8, 4) is 17.3 Å². The first-order valence-electron chi connectivity index (χ1n) is 10.9. The molecule has 0 amide bonds. The van der Waals surface area contributed by atoms with E-state index in [1.807, 2.05) is 25.1 Å². The average Bonchev–Trinajstić information content (AvgIpc) is 2.79. The highest BCUT2D eigenvalue weighted by Crippen LogP contribution is 2.26. The van der Waals surface area contributed by atoms with Crippen molar-refractivity contribution >= 4 is 17.0 Å². The molecule has 3 aromatic rings. The summed E-state index contributed by atoms with van der Waals surface area (Å²) in [5, 5.41) is 12.3. The molecule has 164 valence electrons. The van der Waals surface area contributed by atoms with Crippen LogP contribution in [-0.2, 0) is 0 Å². The monoisotopic (exact) mass is 421 g/mol. The van der Waals surface area contributed by atoms with Crippen LogP contribution >= 0.6 is 0 Å². The molecule has 1 N–H and O–H groups in total. The molecule has 1 heterocycles. The molecule has 0 fully saturated rings. The lowest BCUT2D eigenvalue weighted by Crippen LogP contribution is -2.24. The van der Waals surface area contributed by atoms with Gasteiger partial charge >= 0.3 is 0 Å². The predicted molar refractivity (Wildman–Crippen MR) is 127 cm³/mol. The highest BCUT2D eigenvalue weighted by atomic mass is 16.5. The summed E-state index contributed by atoms with van der Waals surface area (Å²) < 4.78 is 6.81. The van der Waals surface area contributed by atoms with Gasteiger partial charge in [-0.25, -0.2) is 4.57 Å². The lowest BCUT2D eigenvalue weighted by atomic mass is 10.1. The molecule has 0 saturated heterocycles. The van der Waals surface area contributed by atoms with Gasteiger partial charge < -0.3 is 14.7 Å². The number of aliphatic imine (C=N–C) groups is 1. The van der Waals surface area contributed by atoms with Crippen LogP contribution in [0.4, 0.5) is 0 Å². The summed E-state index contributed by atoms with van der Waals surface area (Å²) >= 11 is 0. The highest BCUT2D eigenvalue weighted by Gasteiger charge is 2.16. The molecular formula is C25H31N3O3. The molecule has 31 heavy (non-hydrogen) atoms. The molecule has 0 saturated carbocycles. The van der Waals surface area contributed by atoms with Crippen molar-refractivity contribution in [3.63, 3.8) is 0 Å². The first-order valence-corrected chi connectivity index (χ1v) is 10.9. The van der Waals surface area contributed by atoms with Gasteiger partial charge in [-0.3, -0.25) is 9.79 Å². The van der Waals surface area contributed by atoms with Gasteiger partial charge in [-0.1, -0.05) is 32.0 Å². The van der Waals surface area contributed by atoms with Crippen molar-refractivity contribution in [2.24, 2.45) is 4.99 Å². The van der Waals surface area contributed by atoms with Crippen LogP contribution in [0.1, 0.15) is 32.8 Å². The molecule has 2 aromatic carbocycles. The van der Waals surface area contributed by atoms with Crippen molar-refractivity contribution < 1.29 is 9.84 Å². The molecule has 1 aromatic heterocycles. The van der Waals surface area contributed by atoms with Gasteiger partial charge in [0, 0.05) is 23.5 Å². The zero-order valence-electron chi connectivity index (χ0n) is 18.5. The van der Waals surface area contributed by atoms with Gasteiger partial charge in [0.2, 0.25) is 5.88 Å². The molecule has 0 radical (unpaired) electrons. The summed E-state index contributed by atoms with van der Waals surface area (Å²) in [6, 6.07) is 14.4. The molecule has 0 aliphatic rings. The number of pyridine rings is 1. The molecule has 0 bridgehead atoms. The molecule has 6 nitrogen and oxygen atoms in total. The first-order chi connectivity index (χ1) is 15.1. The zero-order valence-corrected chi connectivity index (χ0v) is 18.5. The van der Waals surface area contributed by atoms with E-state index in [2.05, 4.69) is 23.7 Å². The lowest BCUT2D eigenvalue weighted by molar-refractivity contribution is 0.302. The maximum atomic E-state index is 13.2. The Hall–Kier alpha value is -3.12. The van der Waals surface area contributed by atoms with E-state index in [0.717, 1.165) is 31.8 Å². The second-order valence-corrected chi connectivity index (χ2v) is 7.27. The number of benzene rings is 2. The number of fused-ring (bicyclic) bond motifs is 1. The molecule has 0 aliphatic heterocycles. The SMILES string of the molecule is CCOc1ccc(-n2c(O)c(C=NCCCN(CC)CC)c3ccccc3c2=O)cc1. The molecule has 0 aliphatic carbocycles. The van der Waals surface area contributed by atoms with E-state index in [9.17, 15) is 9.90 Å². The quantitative estimate of drug-likeness (QED) is 0.393. The number of nitrogens with zero attached hydrogens (tertiary/aromatic N) is 3. The third-order valence-electron chi connectivity index (χ3n) is 5.39. The van der Waals surface area contributed by atoms with Crippen molar-refractivity contribution in [1.29, 1.82) is 0 Å². The standard InChI is InChI=1S/C25H31N3O3/c1-4-27(5-2)17-9-16-26-18-23-21-10-7-8-11-22(21)24(29)28(25(23)30)19-12-14-20(15-13-19)31-6-3/h7-8,10-15,18,30H,4-6,9,16-17H2,1-3H3. The zero-order chi connectivity index (χ0) is 22.2. The second-order valence-electron chi connectivity index (χ2n) is 7.27. The maximum absolute atomic E-state index is 13.2. The normalized spacial score (nSPS) is 11.6. The fourth-order valence-corrected chi connectivity index (χ4v) is 3.67. The number of aromatic nitrogens is 1. The Morgan fingerprint density at radius 3 is 2.35 bits per heavy atom. The van der Waals surface area contributed by atoms with Crippen LogP contribution < -0.4 is 10.3 Å². The topological polar surface area (TPSA) is 67.1 Å². The number of rotatable bonds is 10. The van der Waals surface area contributed by atoms with Gasteiger partial charge in [0.1, 0.15) is 5.75 Å². The van der Waals surface area contributed by atoms with Crippen molar-refractivity contribution in [2.45, 2.75) is 27.2 Å². The van der Waals surface area contributed by atoms with E-state index in [1.165, 1.54) is 4.57 Å². The summed E-state index contributed by atoms with van der Waals surface area (Å²) in [5.41, 5.74) is 0.857. The summed E-state index contributed by atoms with van der Waals surface area (Å²) in [5.74, 6) is 0.606. The lowest BCUT2D eigenvalue weighted by Gasteiger charge is -2.16. The fraction of sp³-hybridized carbons (Fsp3) is 0.360. The number of hydrogen-bond donors (Lipinski definition) is 1. The number of hydrogen-bond acceptors (Lipinski definition) is 5. The van der Waals surface area contributed by atoms with Gasteiger partial charge in [-0.15, -0.1) is 0 Å². The van der Waals surface area contributed by atoms with E-state index in [-0.39, 0.29) is 11.4 Å². The fourth-order valence-electron chi connectivity index (χ4n) is 3.67. The van der Waals surface area contributed by atoms with Gasteiger partial charge in [-0.05, 0) is 63.3 Å². The van der Waals surface area contributed by atoms with E-state index in [4.69, 9.17) is 4.74 Å². The van der Waals surface area contributed by atoms with Crippen LogP contribution in [0.5, 0.6) is 11.6 Å². The smallest absolute Gasteiger partial charge is 0.265 e. The van der Waals surface area contributed by atoms with E-state index in [1.54, 1.807) is 36.5 Å². The Bertz CT molecular complexity index is 1080. The molecular weight excluding hydrogens is 390 g/mol. The predicted octanol–water partition coefficient (Wildman–Crippen LogP) is 4.25. The first kappa shape index (κ1) is 22.6. The summed E-state index contributed by atoms with van der Waals surface area (Å²) in [4.78, 5) is 20.1. The van der Waals surface area contributed by atoms with Crippen molar-refractivity contribution in [2.75, 3.05) is 32.8 Å². The third kappa shape index (κ3) is 5.14. The minimum absolute atomic E-state index is 0.111. The third-order valence-corrected chi connectivity index (χ3v) is 5.39. The summed E-state index contributed by atoms with van der Waals surface area (Å²) in [6.07, 6.45) is 2.62. The second kappa shape index (κ2) is 10.8. The Kier molecular flexibility index (Phi) is 7.84. The van der Waals surface area contributed by atoms with Gasteiger partial charge in [0.05, 0.1) is 17.9 Å². The van der Waals surface area contributed by atoms with Crippen molar-refractivity contribution in [1.82, 2.24) is 9.47 Å². The largest absolute Gasteiger partial charge is 0.494 e. The Balaban J connectivity index is 1.97. The Labute approximate surface area is 183 Å². The van der Waals surface area contributed by atoms with Crippen LogP contribution in [0, 0.1) is 0 Å². The minimum Gasteiger partial charge on any atom is -0.494 e. The molecule has 0 unspecified atom stereocenters. The maximum Gasteiger partial charge on any atom is 0.265 e. The summed E-state index contributed by atoms with van der Waals surface area (Å²) in [6.45, 7) is 10.5.